The van der Waals surface area contributed by atoms with Gasteiger partial charge in [0.25, 0.3) is 0 Å². The minimum atomic E-state index is -0.0674. The van der Waals surface area contributed by atoms with E-state index < -0.39 is 0 Å². The second-order valence-electron chi connectivity index (χ2n) is 3.78. The van der Waals surface area contributed by atoms with Gasteiger partial charge in [0.15, 0.2) is 0 Å². The Morgan fingerprint density at radius 3 is 3.00 bits per heavy atom. The molecule has 0 aliphatic carbocycles. The molecule has 17 heavy (non-hydrogen) atoms. The monoisotopic (exact) mass is 231 g/mol. The minimum Gasteiger partial charge on any atom is -0.396 e. The SMILES string of the molecule is C#CCCC(=O)Nc1cccc(CCCO)c1. The van der Waals surface area contributed by atoms with Gasteiger partial charge in [-0.15, -0.1) is 12.3 Å². The third-order valence-corrected chi connectivity index (χ3v) is 2.33. The van der Waals surface area contributed by atoms with Crippen LogP contribution in [0.2, 0.25) is 0 Å². The van der Waals surface area contributed by atoms with Gasteiger partial charge in [-0.05, 0) is 30.5 Å². The zero-order valence-electron chi connectivity index (χ0n) is 9.78. The molecule has 0 aliphatic heterocycles. The van der Waals surface area contributed by atoms with Crippen LogP contribution in [0.3, 0.4) is 0 Å². The molecule has 1 aromatic rings. The van der Waals surface area contributed by atoms with Gasteiger partial charge in [-0.1, -0.05) is 12.1 Å². The van der Waals surface area contributed by atoms with E-state index in [1.165, 1.54) is 0 Å². The van der Waals surface area contributed by atoms with Gasteiger partial charge < -0.3 is 10.4 Å². The number of hydrogen-bond donors (Lipinski definition) is 2. The van der Waals surface area contributed by atoms with Crippen molar-refractivity contribution >= 4 is 11.6 Å². The van der Waals surface area contributed by atoms with Crippen LogP contribution in [-0.4, -0.2) is 17.6 Å². The lowest BCUT2D eigenvalue weighted by atomic mass is 10.1. The van der Waals surface area contributed by atoms with Crippen molar-refractivity contribution < 1.29 is 9.90 Å². The summed E-state index contributed by atoms with van der Waals surface area (Å²) in [5, 5.41) is 11.5. The standard InChI is InChI=1S/C14H17NO2/c1-2-3-9-14(17)15-13-8-4-6-12(11-13)7-5-10-16/h1,4,6,8,11,16H,3,5,7,9-10H2,(H,15,17). The maximum Gasteiger partial charge on any atom is 0.225 e. The normalized spacial score (nSPS) is 9.65. The highest BCUT2D eigenvalue weighted by Gasteiger charge is 2.01. The summed E-state index contributed by atoms with van der Waals surface area (Å²) in [5.41, 5.74) is 1.89. The van der Waals surface area contributed by atoms with Gasteiger partial charge in [0.2, 0.25) is 5.91 Å². The molecule has 0 atom stereocenters. The minimum absolute atomic E-state index is 0.0674. The molecule has 0 aromatic heterocycles. The Bertz CT molecular complexity index is 407. The fraction of sp³-hybridized carbons (Fsp3) is 0.357. The molecule has 1 rings (SSSR count). The number of aryl methyl sites for hydroxylation is 1. The Morgan fingerprint density at radius 1 is 1.47 bits per heavy atom. The van der Waals surface area contributed by atoms with E-state index in [4.69, 9.17) is 11.5 Å². The number of rotatable bonds is 6. The quantitative estimate of drug-likeness (QED) is 0.735. The lowest BCUT2D eigenvalue weighted by molar-refractivity contribution is -0.116. The van der Waals surface area contributed by atoms with Crippen molar-refractivity contribution in [2.75, 3.05) is 11.9 Å². The predicted octanol–water partition coefficient (Wildman–Crippen LogP) is 1.96. The number of carbonyl (C=O) groups excluding carboxylic acids is 1. The van der Waals surface area contributed by atoms with Crippen molar-refractivity contribution in [1.82, 2.24) is 0 Å². The van der Waals surface area contributed by atoms with Gasteiger partial charge in [0, 0.05) is 25.1 Å². The average molecular weight is 231 g/mol. The number of carbonyl (C=O) groups is 1. The molecule has 1 aromatic carbocycles. The Balaban J connectivity index is 2.53. The molecule has 2 N–H and O–H groups in total. The first-order chi connectivity index (χ1) is 8.26. The van der Waals surface area contributed by atoms with Crippen molar-refractivity contribution in [1.29, 1.82) is 0 Å². The molecule has 0 radical (unpaired) electrons. The summed E-state index contributed by atoms with van der Waals surface area (Å²) in [5.74, 6) is 2.37. The van der Waals surface area contributed by atoms with Crippen LogP contribution in [0.1, 0.15) is 24.8 Å². The van der Waals surface area contributed by atoms with E-state index in [2.05, 4.69) is 11.2 Å². The number of benzene rings is 1. The highest BCUT2D eigenvalue weighted by Crippen LogP contribution is 2.12. The molecule has 3 heteroatoms. The number of anilines is 1. The lowest BCUT2D eigenvalue weighted by Crippen LogP contribution is -2.10. The predicted molar refractivity (Wildman–Crippen MR) is 68.5 cm³/mol. The average Bonchev–Trinajstić information content (AvgIpc) is 2.34. The molecular weight excluding hydrogens is 214 g/mol. The number of aliphatic hydroxyl groups excluding tert-OH is 1. The molecule has 0 heterocycles. The maximum absolute atomic E-state index is 11.5. The second-order valence-corrected chi connectivity index (χ2v) is 3.78. The Labute approximate surface area is 102 Å². The Morgan fingerprint density at radius 2 is 2.29 bits per heavy atom. The first kappa shape index (κ1) is 13.3. The number of hydrogen-bond acceptors (Lipinski definition) is 2. The highest BCUT2D eigenvalue weighted by atomic mass is 16.2. The molecule has 3 nitrogen and oxygen atoms in total. The van der Waals surface area contributed by atoms with Crippen LogP contribution >= 0.6 is 0 Å². The van der Waals surface area contributed by atoms with Gasteiger partial charge in [0.05, 0.1) is 0 Å². The van der Waals surface area contributed by atoms with Crippen LogP contribution in [-0.2, 0) is 11.2 Å². The van der Waals surface area contributed by atoms with Gasteiger partial charge in [-0.2, -0.15) is 0 Å². The van der Waals surface area contributed by atoms with E-state index in [1.54, 1.807) is 0 Å². The number of terminal acetylenes is 1. The van der Waals surface area contributed by atoms with E-state index in [-0.39, 0.29) is 12.5 Å². The van der Waals surface area contributed by atoms with Crippen LogP contribution in [0.4, 0.5) is 5.69 Å². The summed E-state index contributed by atoms with van der Waals surface area (Å²) in [6, 6.07) is 7.63. The zero-order chi connectivity index (χ0) is 12.5. The first-order valence-corrected chi connectivity index (χ1v) is 5.69. The summed E-state index contributed by atoms with van der Waals surface area (Å²) in [4.78, 5) is 11.5. The highest BCUT2D eigenvalue weighted by molar-refractivity contribution is 5.90. The van der Waals surface area contributed by atoms with Gasteiger partial charge in [-0.25, -0.2) is 0 Å². The van der Waals surface area contributed by atoms with Crippen molar-refractivity contribution in [3.05, 3.63) is 29.8 Å². The fourth-order valence-electron chi connectivity index (χ4n) is 1.50. The van der Waals surface area contributed by atoms with Crippen molar-refractivity contribution in [2.45, 2.75) is 25.7 Å². The van der Waals surface area contributed by atoms with Crippen molar-refractivity contribution in [3.63, 3.8) is 0 Å². The van der Waals surface area contributed by atoms with Crippen LogP contribution in [0.5, 0.6) is 0 Å². The van der Waals surface area contributed by atoms with E-state index in [0.717, 1.165) is 24.1 Å². The third-order valence-electron chi connectivity index (χ3n) is 2.33. The van der Waals surface area contributed by atoms with E-state index in [9.17, 15) is 4.79 Å². The zero-order valence-corrected chi connectivity index (χ0v) is 9.78. The molecular formula is C14H17NO2. The number of nitrogens with one attached hydrogen (secondary N) is 1. The molecule has 90 valence electrons. The van der Waals surface area contributed by atoms with Crippen LogP contribution in [0.25, 0.3) is 0 Å². The lowest BCUT2D eigenvalue weighted by Gasteiger charge is -2.06. The molecule has 0 fully saturated rings. The van der Waals surface area contributed by atoms with Gasteiger partial charge >= 0.3 is 0 Å². The third kappa shape index (κ3) is 5.19. The molecule has 0 bridgehead atoms. The summed E-state index contributed by atoms with van der Waals surface area (Å²) < 4.78 is 0. The van der Waals surface area contributed by atoms with E-state index in [1.807, 2.05) is 24.3 Å². The molecule has 0 spiro atoms. The Kier molecular flexibility index (Phi) is 5.84. The Hall–Kier alpha value is -1.79. The maximum atomic E-state index is 11.5. The van der Waals surface area contributed by atoms with Gasteiger partial charge in [0.1, 0.15) is 0 Å². The second kappa shape index (κ2) is 7.48. The molecule has 1 amide bonds. The summed E-state index contributed by atoms with van der Waals surface area (Å²) in [6.07, 6.45) is 7.44. The van der Waals surface area contributed by atoms with E-state index in [0.29, 0.717) is 12.8 Å². The topological polar surface area (TPSA) is 49.3 Å². The first-order valence-electron chi connectivity index (χ1n) is 5.69. The number of amides is 1. The summed E-state index contributed by atoms with van der Waals surface area (Å²) >= 11 is 0. The molecule has 0 saturated heterocycles. The largest absolute Gasteiger partial charge is 0.396 e. The van der Waals surface area contributed by atoms with Crippen molar-refractivity contribution in [3.8, 4) is 12.3 Å². The van der Waals surface area contributed by atoms with Crippen molar-refractivity contribution in [2.24, 2.45) is 0 Å². The van der Waals surface area contributed by atoms with Gasteiger partial charge in [-0.3, -0.25) is 4.79 Å². The molecule has 0 saturated carbocycles. The van der Waals surface area contributed by atoms with Crippen LogP contribution < -0.4 is 5.32 Å². The summed E-state index contributed by atoms with van der Waals surface area (Å²) in [7, 11) is 0. The smallest absolute Gasteiger partial charge is 0.225 e. The number of aliphatic hydroxyl groups is 1. The van der Waals surface area contributed by atoms with Crippen LogP contribution in [0.15, 0.2) is 24.3 Å². The molecule has 0 unspecified atom stereocenters. The van der Waals surface area contributed by atoms with E-state index >= 15 is 0 Å². The molecule has 0 aliphatic rings. The summed E-state index contributed by atoms with van der Waals surface area (Å²) in [6.45, 7) is 0.179. The fourth-order valence-corrected chi connectivity index (χ4v) is 1.50. The van der Waals surface area contributed by atoms with Crippen LogP contribution in [0, 0.1) is 12.3 Å².